The number of nitrogens with zero attached hydrogens (tertiary/aromatic N) is 1. The van der Waals surface area contributed by atoms with Crippen molar-refractivity contribution in [3.8, 4) is 6.07 Å². The Bertz CT molecular complexity index is 293. The molecule has 1 aromatic rings. The molecule has 1 N–H and O–H groups in total. The van der Waals surface area contributed by atoms with Crippen LogP contribution in [0.15, 0.2) is 0 Å². The Kier molecular flexibility index (Phi) is 2.00. The normalized spacial score (nSPS) is 9.40. The summed E-state index contributed by atoms with van der Waals surface area (Å²) in [6.45, 7) is 3.98. The van der Waals surface area contributed by atoms with E-state index in [9.17, 15) is 0 Å². The monoisotopic (exact) mass is 246 g/mol. The molecule has 0 radical (unpaired) electrons. The zero-order chi connectivity index (χ0) is 7.72. The summed E-state index contributed by atoms with van der Waals surface area (Å²) in [5.74, 6) is 0. The van der Waals surface area contributed by atoms with Crippen LogP contribution in [0.5, 0.6) is 0 Å². The van der Waals surface area contributed by atoms with Gasteiger partial charge in [-0.25, -0.2) is 0 Å². The Labute approximate surface area is 73.4 Å². The number of hydrogen-bond donors (Lipinski definition) is 1. The van der Waals surface area contributed by atoms with Crippen LogP contribution in [0.25, 0.3) is 0 Å². The van der Waals surface area contributed by atoms with Gasteiger partial charge in [-0.05, 0) is 42.0 Å². The molecule has 0 atom stereocenters. The van der Waals surface area contributed by atoms with E-state index in [1.807, 2.05) is 13.8 Å². The molecule has 0 fully saturated rings. The topological polar surface area (TPSA) is 39.6 Å². The van der Waals surface area contributed by atoms with E-state index in [1.165, 1.54) is 5.56 Å². The van der Waals surface area contributed by atoms with Gasteiger partial charge in [-0.15, -0.1) is 0 Å². The molecule has 52 valence electrons. The van der Waals surface area contributed by atoms with Crippen molar-refractivity contribution < 1.29 is 0 Å². The molecule has 0 aromatic carbocycles. The Morgan fingerprint density at radius 3 is 2.30 bits per heavy atom. The van der Waals surface area contributed by atoms with Crippen molar-refractivity contribution in [2.75, 3.05) is 0 Å². The van der Waals surface area contributed by atoms with Crippen LogP contribution in [0.3, 0.4) is 0 Å². The average molecular weight is 246 g/mol. The first-order chi connectivity index (χ1) is 4.66. The number of aromatic nitrogens is 1. The molecule has 0 aliphatic carbocycles. The highest BCUT2D eigenvalue weighted by Gasteiger charge is 2.06. The standard InChI is InChI=1S/C7H7IN2/c1-4-5(2)10-6(3-9)7(4)8/h10H,1-2H3. The summed E-state index contributed by atoms with van der Waals surface area (Å²) in [4.78, 5) is 2.99. The fraction of sp³-hybridized carbons (Fsp3) is 0.286. The van der Waals surface area contributed by atoms with Crippen LogP contribution in [-0.2, 0) is 0 Å². The quantitative estimate of drug-likeness (QED) is 0.699. The zero-order valence-electron chi connectivity index (χ0n) is 5.83. The van der Waals surface area contributed by atoms with Gasteiger partial charge >= 0.3 is 0 Å². The second kappa shape index (κ2) is 2.62. The largest absolute Gasteiger partial charge is 0.349 e. The first kappa shape index (κ1) is 7.61. The first-order valence-corrected chi connectivity index (χ1v) is 3.99. The molecule has 0 amide bonds. The molecule has 3 heteroatoms. The minimum absolute atomic E-state index is 0.676. The lowest BCUT2D eigenvalue weighted by atomic mass is 10.3. The number of nitriles is 1. The third kappa shape index (κ3) is 1.03. The van der Waals surface area contributed by atoms with Gasteiger partial charge in [0, 0.05) is 5.69 Å². The molecule has 1 rings (SSSR count). The van der Waals surface area contributed by atoms with Gasteiger partial charge in [-0.3, -0.25) is 0 Å². The van der Waals surface area contributed by atoms with E-state index in [1.54, 1.807) is 0 Å². The Morgan fingerprint density at radius 2 is 2.10 bits per heavy atom. The van der Waals surface area contributed by atoms with Gasteiger partial charge in [-0.1, -0.05) is 0 Å². The van der Waals surface area contributed by atoms with Crippen LogP contribution in [0.2, 0.25) is 0 Å². The van der Waals surface area contributed by atoms with E-state index in [0.717, 1.165) is 9.26 Å². The second-order valence-corrected chi connectivity index (χ2v) is 3.25. The van der Waals surface area contributed by atoms with Crippen molar-refractivity contribution in [1.82, 2.24) is 4.98 Å². The van der Waals surface area contributed by atoms with Gasteiger partial charge in [0.15, 0.2) is 0 Å². The van der Waals surface area contributed by atoms with Gasteiger partial charge in [0.05, 0.1) is 3.57 Å². The summed E-state index contributed by atoms with van der Waals surface area (Å²) < 4.78 is 1.04. The molecule has 0 aliphatic heterocycles. The average Bonchev–Trinajstić information content (AvgIpc) is 2.17. The summed E-state index contributed by atoms with van der Waals surface area (Å²) in [6, 6.07) is 2.09. The number of hydrogen-bond acceptors (Lipinski definition) is 1. The SMILES string of the molecule is Cc1[nH]c(C#N)c(I)c1C. The summed E-state index contributed by atoms with van der Waals surface area (Å²) in [7, 11) is 0. The van der Waals surface area contributed by atoms with Crippen molar-refractivity contribution in [3.63, 3.8) is 0 Å². The maximum Gasteiger partial charge on any atom is 0.131 e. The van der Waals surface area contributed by atoms with Gasteiger partial charge in [0.2, 0.25) is 0 Å². The Hall–Kier alpha value is -0.500. The van der Waals surface area contributed by atoms with Crippen molar-refractivity contribution >= 4 is 22.6 Å². The molecule has 10 heavy (non-hydrogen) atoms. The van der Waals surface area contributed by atoms with Crippen LogP contribution in [0.1, 0.15) is 17.0 Å². The predicted octanol–water partition coefficient (Wildman–Crippen LogP) is 2.11. The van der Waals surface area contributed by atoms with Crippen molar-refractivity contribution in [2.45, 2.75) is 13.8 Å². The van der Waals surface area contributed by atoms with Gasteiger partial charge in [-0.2, -0.15) is 5.26 Å². The number of halogens is 1. The Balaban J connectivity index is 3.34. The summed E-state index contributed by atoms with van der Waals surface area (Å²) in [6.07, 6.45) is 0. The minimum atomic E-state index is 0.676. The van der Waals surface area contributed by atoms with Crippen LogP contribution in [-0.4, -0.2) is 4.98 Å². The van der Waals surface area contributed by atoms with E-state index in [-0.39, 0.29) is 0 Å². The molecule has 0 unspecified atom stereocenters. The number of aryl methyl sites for hydroxylation is 1. The zero-order valence-corrected chi connectivity index (χ0v) is 7.98. The highest BCUT2D eigenvalue weighted by Crippen LogP contribution is 2.18. The second-order valence-electron chi connectivity index (χ2n) is 2.18. The first-order valence-electron chi connectivity index (χ1n) is 2.91. The molecule has 0 saturated carbocycles. The number of rotatable bonds is 0. The van der Waals surface area contributed by atoms with Crippen LogP contribution < -0.4 is 0 Å². The molecule has 0 spiro atoms. The smallest absolute Gasteiger partial charge is 0.131 e. The van der Waals surface area contributed by atoms with Crippen LogP contribution in [0.4, 0.5) is 0 Å². The lowest BCUT2D eigenvalue weighted by molar-refractivity contribution is 1.21. The van der Waals surface area contributed by atoms with Crippen molar-refractivity contribution in [3.05, 3.63) is 20.5 Å². The molecular formula is C7H7IN2. The number of H-pyrrole nitrogens is 1. The molecule has 1 heterocycles. The molecule has 0 aliphatic rings. The number of nitrogens with one attached hydrogen (secondary N) is 1. The minimum Gasteiger partial charge on any atom is -0.349 e. The maximum absolute atomic E-state index is 8.57. The summed E-state index contributed by atoms with van der Waals surface area (Å²) in [5.41, 5.74) is 2.94. The summed E-state index contributed by atoms with van der Waals surface area (Å²) >= 11 is 2.17. The highest BCUT2D eigenvalue weighted by molar-refractivity contribution is 14.1. The van der Waals surface area contributed by atoms with E-state index in [0.29, 0.717) is 5.69 Å². The third-order valence-corrected chi connectivity index (χ3v) is 2.88. The van der Waals surface area contributed by atoms with E-state index < -0.39 is 0 Å². The molecule has 0 bridgehead atoms. The molecular weight excluding hydrogens is 239 g/mol. The molecule has 2 nitrogen and oxygen atoms in total. The van der Waals surface area contributed by atoms with Gasteiger partial charge in [0.25, 0.3) is 0 Å². The lowest BCUT2D eigenvalue weighted by Crippen LogP contribution is -1.74. The maximum atomic E-state index is 8.57. The van der Waals surface area contributed by atoms with Gasteiger partial charge < -0.3 is 4.98 Å². The number of aromatic amines is 1. The molecule has 1 aromatic heterocycles. The van der Waals surface area contributed by atoms with Gasteiger partial charge in [0.1, 0.15) is 11.8 Å². The van der Waals surface area contributed by atoms with Crippen LogP contribution in [0, 0.1) is 28.7 Å². The van der Waals surface area contributed by atoms with Crippen LogP contribution >= 0.6 is 22.6 Å². The van der Waals surface area contributed by atoms with E-state index in [4.69, 9.17) is 5.26 Å². The highest BCUT2D eigenvalue weighted by atomic mass is 127. The molecule has 0 saturated heterocycles. The van der Waals surface area contributed by atoms with E-state index >= 15 is 0 Å². The lowest BCUT2D eigenvalue weighted by Gasteiger charge is -1.85. The summed E-state index contributed by atoms with van der Waals surface area (Å²) in [5, 5.41) is 8.57. The fourth-order valence-electron chi connectivity index (χ4n) is 0.765. The predicted molar refractivity (Wildman–Crippen MR) is 47.7 cm³/mol. The van der Waals surface area contributed by atoms with Crippen molar-refractivity contribution in [2.24, 2.45) is 0 Å². The Morgan fingerprint density at radius 1 is 1.50 bits per heavy atom. The third-order valence-electron chi connectivity index (χ3n) is 1.54. The van der Waals surface area contributed by atoms with E-state index in [2.05, 4.69) is 33.6 Å². The fourth-order valence-corrected chi connectivity index (χ4v) is 1.43. The van der Waals surface area contributed by atoms with Crippen molar-refractivity contribution in [1.29, 1.82) is 5.26 Å².